The van der Waals surface area contributed by atoms with Crippen molar-refractivity contribution in [3.63, 3.8) is 0 Å². The van der Waals surface area contributed by atoms with E-state index < -0.39 is 0 Å². The van der Waals surface area contributed by atoms with Crippen LogP contribution in [0.25, 0.3) is 0 Å². The lowest BCUT2D eigenvalue weighted by atomic mass is 9.87. The molecule has 106 valence electrons. The zero-order valence-electron chi connectivity index (χ0n) is 12.8. The van der Waals surface area contributed by atoms with Gasteiger partial charge in [0.2, 0.25) is 0 Å². The van der Waals surface area contributed by atoms with Crippen LogP contribution in [-0.4, -0.2) is 18.7 Å². The zero-order valence-corrected chi connectivity index (χ0v) is 12.8. The lowest BCUT2D eigenvalue weighted by Gasteiger charge is -2.34. The van der Waals surface area contributed by atoms with Gasteiger partial charge in [0.15, 0.2) is 0 Å². The first kappa shape index (κ1) is 14.5. The fourth-order valence-corrected chi connectivity index (χ4v) is 2.51. The number of benzene rings is 1. The van der Waals surface area contributed by atoms with Gasteiger partial charge >= 0.3 is 0 Å². The quantitative estimate of drug-likeness (QED) is 0.897. The Labute approximate surface area is 117 Å². The van der Waals surface area contributed by atoms with E-state index in [4.69, 9.17) is 4.74 Å². The van der Waals surface area contributed by atoms with Gasteiger partial charge in [0, 0.05) is 6.54 Å². The molecule has 1 fully saturated rings. The number of hydrogen-bond donors (Lipinski definition) is 1. The van der Waals surface area contributed by atoms with E-state index >= 15 is 0 Å². The molecule has 1 aliphatic rings. The molecule has 2 rings (SSSR count). The van der Waals surface area contributed by atoms with Crippen molar-refractivity contribution in [2.24, 2.45) is 0 Å². The first-order valence-corrected chi connectivity index (χ1v) is 7.33. The summed E-state index contributed by atoms with van der Waals surface area (Å²) in [7, 11) is 0. The average molecular weight is 261 g/mol. The maximum Gasteiger partial charge on any atom is 0.0783 e. The molecule has 0 bridgehead atoms. The van der Waals surface area contributed by atoms with Crippen molar-refractivity contribution >= 4 is 0 Å². The highest BCUT2D eigenvalue weighted by atomic mass is 16.5. The predicted molar refractivity (Wildman–Crippen MR) is 80.4 cm³/mol. The Balaban J connectivity index is 1.93. The maximum absolute atomic E-state index is 6.12. The second kappa shape index (κ2) is 5.64. The van der Waals surface area contributed by atoms with Gasteiger partial charge in [-0.3, -0.25) is 0 Å². The molecule has 1 heterocycles. The van der Waals surface area contributed by atoms with Crippen molar-refractivity contribution in [1.82, 2.24) is 5.32 Å². The molecule has 1 aliphatic heterocycles. The molecule has 2 nitrogen and oxygen atoms in total. The van der Waals surface area contributed by atoms with E-state index in [2.05, 4.69) is 57.3 Å². The van der Waals surface area contributed by atoms with Crippen LogP contribution in [-0.2, 0) is 16.8 Å². The third-order valence-electron chi connectivity index (χ3n) is 3.97. The van der Waals surface area contributed by atoms with Gasteiger partial charge in [0.25, 0.3) is 0 Å². The molecule has 0 amide bonds. The predicted octanol–water partition coefficient (Wildman–Crippen LogP) is 3.64. The van der Waals surface area contributed by atoms with Crippen molar-refractivity contribution in [2.45, 2.75) is 58.2 Å². The van der Waals surface area contributed by atoms with Crippen molar-refractivity contribution in [2.75, 3.05) is 13.1 Å². The van der Waals surface area contributed by atoms with E-state index in [-0.39, 0.29) is 11.0 Å². The van der Waals surface area contributed by atoms with E-state index in [1.807, 2.05) is 0 Å². The van der Waals surface area contributed by atoms with Gasteiger partial charge in [0.1, 0.15) is 0 Å². The van der Waals surface area contributed by atoms with Crippen molar-refractivity contribution < 1.29 is 4.74 Å². The van der Waals surface area contributed by atoms with Crippen LogP contribution in [0.3, 0.4) is 0 Å². The second-order valence-electron chi connectivity index (χ2n) is 6.97. The van der Waals surface area contributed by atoms with E-state index in [1.165, 1.54) is 17.5 Å². The Bertz CT molecular complexity index is 396. The summed E-state index contributed by atoms with van der Waals surface area (Å²) in [6.07, 6.45) is 2.36. The maximum atomic E-state index is 6.12. The summed E-state index contributed by atoms with van der Waals surface area (Å²) >= 11 is 0. The van der Waals surface area contributed by atoms with Crippen LogP contribution >= 0.6 is 0 Å². The van der Waals surface area contributed by atoms with Crippen LogP contribution in [0.1, 0.15) is 51.7 Å². The molecule has 1 unspecified atom stereocenters. The van der Waals surface area contributed by atoms with E-state index in [0.717, 1.165) is 19.5 Å². The average Bonchev–Trinajstić information content (AvgIpc) is 2.37. The van der Waals surface area contributed by atoms with Gasteiger partial charge < -0.3 is 10.1 Å². The summed E-state index contributed by atoms with van der Waals surface area (Å²) in [5.74, 6) is 0. The molecule has 1 N–H and O–H groups in total. The van der Waals surface area contributed by atoms with Gasteiger partial charge in [-0.1, -0.05) is 45.0 Å². The molecule has 19 heavy (non-hydrogen) atoms. The molecule has 1 aromatic rings. The Morgan fingerprint density at radius 1 is 1.21 bits per heavy atom. The summed E-state index contributed by atoms with van der Waals surface area (Å²) in [4.78, 5) is 0. The molecule has 0 radical (unpaired) electrons. The van der Waals surface area contributed by atoms with Gasteiger partial charge in [-0.25, -0.2) is 0 Å². The number of piperidine rings is 1. The third-order valence-corrected chi connectivity index (χ3v) is 3.97. The van der Waals surface area contributed by atoms with Crippen LogP contribution in [0.5, 0.6) is 0 Å². The lowest BCUT2D eigenvalue weighted by Crippen LogP contribution is -2.45. The molecule has 1 saturated heterocycles. The standard InChI is InChI=1S/C17H27NO/c1-16(2,3)15-8-6-14(7-9-15)12-19-17(4)10-5-11-18-13-17/h6-9,18H,5,10-13H2,1-4H3. The van der Waals surface area contributed by atoms with E-state index in [9.17, 15) is 0 Å². The summed E-state index contributed by atoms with van der Waals surface area (Å²) in [5.41, 5.74) is 2.86. The first-order chi connectivity index (χ1) is 8.89. The summed E-state index contributed by atoms with van der Waals surface area (Å²) < 4.78 is 6.12. The molecule has 0 saturated carbocycles. The highest BCUT2D eigenvalue weighted by Crippen LogP contribution is 2.24. The summed E-state index contributed by atoms with van der Waals surface area (Å²) in [6.45, 7) is 11.7. The largest absolute Gasteiger partial charge is 0.369 e. The molecule has 0 aliphatic carbocycles. The van der Waals surface area contributed by atoms with Crippen LogP contribution in [0, 0.1) is 0 Å². The van der Waals surface area contributed by atoms with Crippen LogP contribution < -0.4 is 5.32 Å². The van der Waals surface area contributed by atoms with Crippen molar-refractivity contribution in [3.05, 3.63) is 35.4 Å². The van der Waals surface area contributed by atoms with Crippen molar-refractivity contribution in [1.29, 1.82) is 0 Å². The number of rotatable bonds is 3. The topological polar surface area (TPSA) is 21.3 Å². The van der Waals surface area contributed by atoms with Crippen molar-refractivity contribution in [3.8, 4) is 0 Å². The third kappa shape index (κ3) is 4.05. The summed E-state index contributed by atoms with van der Waals surface area (Å²) in [5, 5.41) is 3.42. The van der Waals surface area contributed by atoms with Gasteiger partial charge in [-0.2, -0.15) is 0 Å². The molecule has 1 aromatic carbocycles. The minimum Gasteiger partial charge on any atom is -0.369 e. The SMILES string of the molecule is CC1(OCc2ccc(C(C)(C)C)cc2)CCCNC1. The molecule has 0 aromatic heterocycles. The Morgan fingerprint density at radius 2 is 1.89 bits per heavy atom. The smallest absolute Gasteiger partial charge is 0.0783 e. The molecule has 2 heteroatoms. The Kier molecular flexibility index (Phi) is 4.32. The van der Waals surface area contributed by atoms with Gasteiger partial charge in [-0.15, -0.1) is 0 Å². The normalized spacial score (nSPS) is 24.4. The molecule has 1 atom stereocenters. The number of ether oxygens (including phenoxy) is 1. The zero-order chi connectivity index (χ0) is 13.9. The van der Waals surface area contributed by atoms with Crippen LogP contribution in [0.4, 0.5) is 0 Å². The van der Waals surface area contributed by atoms with E-state index in [1.54, 1.807) is 0 Å². The van der Waals surface area contributed by atoms with E-state index in [0.29, 0.717) is 6.61 Å². The van der Waals surface area contributed by atoms with Crippen LogP contribution in [0.2, 0.25) is 0 Å². The fraction of sp³-hybridized carbons (Fsp3) is 0.647. The molecular formula is C17H27NO. The summed E-state index contributed by atoms with van der Waals surface area (Å²) in [6, 6.07) is 8.83. The molecular weight excluding hydrogens is 234 g/mol. The minimum absolute atomic E-state index is 0.000941. The Hall–Kier alpha value is -0.860. The van der Waals surface area contributed by atoms with Crippen LogP contribution in [0.15, 0.2) is 24.3 Å². The van der Waals surface area contributed by atoms with Gasteiger partial charge in [0.05, 0.1) is 12.2 Å². The minimum atomic E-state index is 0.000941. The lowest BCUT2D eigenvalue weighted by molar-refractivity contribution is -0.0571. The fourth-order valence-electron chi connectivity index (χ4n) is 2.51. The number of hydrogen-bond acceptors (Lipinski definition) is 2. The second-order valence-corrected chi connectivity index (χ2v) is 6.97. The van der Waals surface area contributed by atoms with Gasteiger partial charge in [-0.05, 0) is 42.9 Å². The highest BCUT2D eigenvalue weighted by molar-refractivity contribution is 5.27. The first-order valence-electron chi connectivity index (χ1n) is 7.33. The number of nitrogens with one attached hydrogen (secondary N) is 1. The highest BCUT2D eigenvalue weighted by Gasteiger charge is 2.27. The molecule has 0 spiro atoms. The Morgan fingerprint density at radius 3 is 2.42 bits per heavy atom. The monoisotopic (exact) mass is 261 g/mol.